The van der Waals surface area contributed by atoms with Crippen LogP contribution in [-0.4, -0.2) is 73.5 Å². The molecule has 2 aromatic heterocycles. The number of nitrogens with one attached hydrogen (secondary N) is 2. The van der Waals surface area contributed by atoms with Crippen molar-refractivity contribution in [2.24, 2.45) is 0 Å². The molecule has 0 radical (unpaired) electrons. The second kappa shape index (κ2) is 10.0. The number of carbonyl (C=O) groups excluding carboxylic acids is 1. The zero-order valence-corrected chi connectivity index (χ0v) is 21.9. The van der Waals surface area contributed by atoms with Gasteiger partial charge in [0.1, 0.15) is 10.0 Å². The van der Waals surface area contributed by atoms with E-state index in [2.05, 4.69) is 19.9 Å². The molecule has 0 atom stereocenters. The molecule has 192 valence electrons. The minimum atomic E-state index is -3.76. The SMILES string of the molecule is CC(C)(C)NC(=O)CN1CCN(c2cc(C(=O)O)c3cc(NS(=O)(=O)c4cccs4)ccc3n2)CC1. The molecule has 1 aromatic carbocycles. The number of aromatic carboxylic acids is 1. The van der Waals surface area contributed by atoms with Gasteiger partial charge in [0.05, 0.1) is 17.6 Å². The Bertz CT molecular complexity index is 1380. The van der Waals surface area contributed by atoms with Crippen LogP contribution in [0.3, 0.4) is 0 Å². The molecule has 0 unspecified atom stereocenters. The van der Waals surface area contributed by atoms with Gasteiger partial charge in [-0.2, -0.15) is 0 Å². The molecule has 3 heterocycles. The maximum absolute atomic E-state index is 12.6. The van der Waals surface area contributed by atoms with E-state index in [1.54, 1.807) is 23.6 Å². The quantitative estimate of drug-likeness (QED) is 0.424. The monoisotopic (exact) mass is 531 g/mol. The van der Waals surface area contributed by atoms with Crippen LogP contribution in [0.2, 0.25) is 0 Å². The number of piperazine rings is 1. The van der Waals surface area contributed by atoms with Gasteiger partial charge in [-0.05, 0) is 56.5 Å². The van der Waals surface area contributed by atoms with Gasteiger partial charge >= 0.3 is 5.97 Å². The molecule has 12 heteroatoms. The smallest absolute Gasteiger partial charge is 0.336 e. The van der Waals surface area contributed by atoms with Crippen LogP contribution in [0.5, 0.6) is 0 Å². The van der Waals surface area contributed by atoms with Crippen molar-refractivity contribution in [2.75, 3.05) is 42.3 Å². The molecule has 1 saturated heterocycles. The third kappa shape index (κ3) is 6.12. The fraction of sp³-hybridized carbons (Fsp3) is 0.375. The second-order valence-corrected chi connectivity index (χ2v) is 12.5. The largest absolute Gasteiger partial charge is 0.478 e. The first kappa shape index (κ1) is 25.9. The number of hydrogen-bond acceptors (Lipinski definition) is 8. The predicted octanol–water partition coefficient (Wildman–Crippen LogP) is 2.83. The Labute approximate surface area is 214 Å². The average molecular weight is 532 g/mol. The van der Waals surface area contributed by atoms with Crippen molar-refractivity contribution >= 4 is 55.6 Å². The number of carboxylic acid groups (broad SMARTS) is 1. The van der Waals surface area contributed by atoms with Gasteiger partial charge in [0.25, 0.3) is 10.0 Å². The Hall–Kier alpha value is -3.22. The topological polar surface area (TPSA) is 132 Å². The van der Waals surface area contributed by atoms with Crippen LogP contribution < -0.4 is 14.9 Å². The summed E-state index contributed by atoms with van der Waals surface area (Å²) in [6.45, 7) is 8.60. The van der Waals surface area contributed by atoms with Crippen LogP contribution in [-0.2, 0) is 14.8 Å². The number of carbonyl (C=O) groups is 2. The number of nitrogens with zero attached hydrogens (tertiary/aromatic N) is 3. The van der Waals surface area contributed by atoms with E-state index in [4.69, 9.17) is 0 Å². The number of aromatic nitrogens is 1. The van der Waals surface area contributed by atoms with Gasteiger partial charge in [0.2, 0.25) is 5.91 Å². The minimum absolute atomic E-state index is 0.0292. The maximum atomic E-state index is 12.6. The molecule has 3 aromatic rings. The molecular formula is C24H29N5O5S2. The maximum Gasteiger partial charge on any atom is 0.336 e. The number of carboxylic acids is 1. The van der Waals surface area contributed by atoms with Crippen LogP contribution >= 0.6 is 11.3 Å². The summed E-state index contributed by atoms with van der Waals surface area (Å²) in [7, 11) is -3.76. The molecular weight excluding hydrogens is 502 g/mol. The summed E-state index contributed by atoms with van der Waals surface area (Å²) in [6.07, 6.45) is 0. The number of fused-ring (bicyclic) bond motifs is 1. The highest BCUT2D eigenvalue weighted by Crippen LogP contribution is 2.28. The first-order valence-corrected chi connectivity index (χ1v) is 13.8. The van der Waals surface area contributed by atoms with Gasteiger partial charge in [-0.25, -0.2) is 18.2 Å². The first-order valence-electron chi connectivity index (χ1n) is 11.4. The zero-order valence-electron chi connectivity index (χ0n) is 20.3. The summed E-state index contributed by atoms with van der Waals surface area (Å²) in [4.78, 5) is 33.0. The number of hydrogen-bond donors (Lipinski definition) is 3. The Kier molecular flexibility index (Phi) is 7.21. The Balaban J connectivity index is 1.52. The van der Waals surface area contributed by atoms with Crippen molar-refractivity contribution in [3.8, 4) is 0 Å². The van der Waals surface area contributed by atoms with Crippen LogP contribution in [0.4, 0.5) is 11.5 Å². The van der Waals surface area contributed by atoms with Gasteiger partial charge < -0.3 is 15.3 Å². The van der Waals surface area contributed by atoms with Crippen LogP contribution in [0.1, 0.15) is 31.1 Å². The lowest BCUT2D eigenvalue weighted by molar-refractivity contribution is -0.123. The molecule has 0 bridgehead atoms. The third-order valence-corrected chi connectivity index (χ3v) is 8.39. The summed E-state index contributed by atoms with van der Waals surface area (Å²) in [5.74, 6) is -0.622. The standard InChI is InChI=1S/C24H29N5O5S2/c1-24(2,3)26-21(30)15-28-8-10-29(11-9-28)20-14-18(23(31)32)17-13-16(6-7-19(17)25-20)27-36(33,34)22-5-4-12-35-22/h4-7,12-14,27H,8-11,15H2,1-3H3,(H,26,30)(H,31,32). The highest BCUT2D eigenvalue weighted by Gasteiger charge is 2.24. The van der Waals surface area contributed by atoms with E-state index in [1.807, 2.05) is 25.7 Å². The third-order valence-electron chi connectivity index (χ3n) is 5.62. The van der Waals surface area contributed by atoms with Crippen molar-refractivity contribution in [3.63, 3.8) is 0 Å². The molecule has 1 fully saturated rings. The number of amides is 1. The van der Waals surface area contributed by atoms with E-state index >= 15 is 0 Å². The Morgan fingerprint density at radius 1 is 1.11 bits per heavy atom. The number of rotatable bonds is 7. The number of thiophene rings is 1. The lowest BCUT2D eigenvalue weighted by Crippen LogP contribution is -2.52. The fourth-order valence-electron chi connectivity index (χ4n) is 4.03. The van der Waals surface area contributed by atoms with Gasteiger partial charge in [-0.15, -0.1) is 11.3 Å². The van der Waals surface area contributed by atoms with E-state index in [1.165, 1.54) is 18.2 Å². The van der Waals surface area contributed by atoms with Crippen LogP contribution in [0.25, 0.3) is 10.9 Å². The summed E-state index contributed by atoms with van der Waals surface area (Å²) < 4.78 is 27.8. The molecule has 1 aliphatic heterocycles. The molecule has 0 spiro atoms. The molecule has 36 heavy (non-hydrogen) atoms. The van der Waals surface area contributed by atoms with Crippen LogP contribution in [0.15, 0.2) is 46.0 Å². The highest BCUT2D eigenvalue weighted by atomic mass is 32.2. The number of sulfonamides is 1. The van der Waals surface area contributed by atoms with Crippen molar-refractivity contribution in [1.82, 2.24) is 15.2 Å². The molecule has 1 aliphatic rings. The van der Waals surface area contributed by atoms with Gasteiger partial charge in [-0.3, -0.25) is 14.4 Å². The van der Waals surface area contributed by atoms with E-state index in [9.17, 15) is 23.1 Å². The zero-order chi connectivity index (χ0) is 26.1. The molecule has 3 N–H and O–H groups in total. The van der Waals surface area contributed by atoms with E-state index in [0.29, 0.717) is 49.4 Å². The van der Waals surface area contributed by atoms with E-state index in [0.717, 1.165) is 11.3 Å². The second-order valence-electron chi connectivity index (χ2n) is 9.66. The molecule has 10 nitrogen and oxygen atoms in total. The minimum Gasteiger partial charge on any atom is -0.478 e. The molecule has 0 saturated carbocycles. The summed E-state index contributed by atoms with van der Waals surface area (Å²) in [6, 6.07) is 9.35. The van der Waals surface area contributed by atoms with Crippen molar-refractivity contribution < 1.29 is 23.1 Å². The molecule has 1 amide bonds. The first-order chi connectivity index (χ1) is 16.9. The lowest BCUT2D eigenvalue weighted by atomic mass is 10.1. The number of benzene rings is 1. The highest BCUT2D eigenvalue weighted by molar-refractivity contribution is 7.94. The van der Waals surface area contributed by atoms with Crippen LogP contribution in [0, 0.1) is 0 Å². The summed E-state index contributed by atoms with van der Waals surface area (Å²) >= 11 is 1.10. The Morgan fingerprint density at radius 2 is 1.83 bits per heavy atom. The van der Waals surface area contributed by atoms with Crippen molar-refractivity contribution in [2.45, 2.75) is 30.5 Å². The van der Waals surface area contributed by atoms with E-state index in [-0.39, 0.29) is 26.9 Å². The lowest BCUT2D eigenvalue weighted by Gasteiger charge is -2.35. The van der Waals surface area contributed by atoms with Gasteiger partial charge in [0.15, 0.2) is 0 Å². The van der Waals surface area contributed by atoms with Crippen molar-refractivity contribution in [3.05, 3.63) is 47.3 Å². The van der Waals surface area contributed by atoms with Gasteiger partial charge in [-0.1, -0.05) is 6.07 Å². The average Bonchev–Trinajstić information content (AvgIpc) is 3.33. The number of anilines is 2. The normalized spacial score (nSPS) is 15.1. The van der Waals surface area contributed by atoms with Crippen molar-refractivity contribution in [1.29, 1.82) is 0 Å². The molecule has 0 aliphatic carbocycles. The predicted molar refractivity (Wildman–Crippen MR) is 140 cm³/mol. The fourth-order valence-corrected chi connectivity index (χ4v) is 6.07. The Morgan fingerprint density at radius 3 is 2.44 bits per heavy atom. The van der Waals surface area contributed by atoms with E-state index < -0.39 is 16.0 Å². The molecule has 4 rings (SSSR count). The summed E-state index contributed by atoms with van der Waals surface area (Å²) in [5, 5.41) is 14.9. The van der Waals surface area contributed by atoms with Gasteiger partial charge in [0, 0.05) is 42.8 Å². The number of pyridine rings is 1. The summed E-state index contributed by atoms with van der Waals surface area (Å²) in [5.41, 5.74) is 0.468.